The second-order valence-corrected chi connectivity index (χ2v) is 3.83. The molecule has 0 radical (unpaired) electrons. The molecule has 0 aliphatic heterocycles. The van der Waals surface area contributed by atoms with Crippen LogP contribution in [0.25, 0.3) is 11.1 Å². The van der Waals surface area contributed by atoms with Crippen molar-refractivity contribution >= 4 is 5.69 Å². The standard InChI is InChI=1S/C13H10F3N/c1-7-2-3-9(17)6-10(7)8-4-11(14)13(16)12(15)5-8/h2-6H,17H2,1H3. The van der Waals surface area contributed by atoms with Gasteiger partial charge >= 0.3 is 0 Å². The van der Waals surface area contributed by atoms with Crippen LogP contribution in [-0.4, -0.2) is 0 Å². The molecule has 0 bridgehead atoms. The van der Waals surface area contributed by atoms with Gasteiger partial charge in [0.25, 0.3) is 0 Å². The largest absolute Gasteiger partial charge is 0.399 e. The molecule has 0 aliphatic carbocycles. The van der Waals surface area contributed by atoms with Crippen molar-refractivity contribution in [3.8, 4) is 11.1 Å². The average molecular weight is 237 g/mol. The summed E-state index contributed by atoms with van der Waals surface area (Å²) in [5, 5.41) is 0. The van der Waals surface area contributed by atoms with Crippen molar-refractivity contribution in [1.82, 2.24) is 0 Å². The van der Waals surface area contributed by atoms with E-state index in [9.17, 15) is 13.2 Å². The first-order valence-corrected chi connectivity index (χ1v) is 5.00. The zero-order valence-corrected chi connectivity index (χ0v) is 9.10. The molecular weight excluding hydrogens is 227 g/mol. The molecule has 0 heterocycles. The maximum atomic E-state index is 13.1. The molecule has 2 aromatic carbocycles. The lowest BCUT2D eigenvalue weighted by molar-refractivity contribution is 0.447. The molecule has 0 saturated heterocycles. The number of rotatable bonds is 1. The van der Waals surface area contributed by atoms with Crippen molar-refractivity contribution in [3.05, 3.63) is 53.3 Å². The predicted molar refractivity (Wildman–Crippen MR) is 60.9 cm³/mol. The molecule has 0 amide bonds. The zero-order chi connectivity index (χ0) is 12.6. The van der Waals surface area contributed by atoms with E-state index in [1.807, 2.05) is 0 Å². The highest BCUT2D eigenvalue weighted by Crippen LogP contribution is 2.28. The minimum absolute atomic E-state index is 0.270. The van der Waals surface area contributed by atoms with Gasteiger partial charge in [0, 0.05) is 5.69 Å². The number of hydrogen-bond acceptors (Lipinski definition) is 1. The average Bonchev–Trinajstić information content (AvgIpc) is 2.28. The van der Waals surface area contributed by atoms with Gasteiger partial charge in [-0.2, -0.15) is 0 Å². The maximum Gasteiger partial charge on any atom is 0.194 e. The Morgan fingerprint density at radius 1 is 0.941 bits per heavy atom. The van der Waals surface area contributed by atoms with E-state index in [1.54, 1.807) is 25.1 Å². The van der Waals surface area contributed by atoms with Gasteiger partial charge in [0.05, 0.1) is 0 Å². The van der Waals surface area contributed by atoms with Crippen molar-refractivity contribution in [1.29, 1.82) is 0 Å². The first-order chi connectivity index (χ1) is 7.99. The lowest BCUT2D eigenvalue weighted by Crippen LogP contribution is -1.94. The smallest absolute Gasteiger partial charge is 0.194 e. The van der Waals surface area contributed by atoms with E-state index < -0.39 is 17.5 Å². The van der Waals surface area contributed by atoms with E-state index in [2.05, 4.69) is 0 Å². The molecule has 88 valence electrons. The Bertz CT molecular complexity index is 556. The second kappa shape index (κ2) is 4.13. The van der Waals surface area contributed by atoms with E-state index >= 15 is 0 Å². The normalized spacial score (nSPS) is 10.6. The minimum Gasteiger partial charge on any atom is -0.399 e. The van der Waals surface area contributed by atoms with Gasteiger partial charge in [0.2, 0.25) is 0 Å². The van der Waals surface area contributed by atoms with Crippen LogP contribution in [0.1, 0.15) is 5.56 Å². The Labute approximate surface area is 96.7 Å². The monoisotopic (exact) mass is 237 g/mol. The molecule has 0 aliphatic rings. The van der Waals surface area contributed by atoms with E-state index in [-0.39, 0.29) is 5.56 Å². The molecule has 0 saturated carbocycles. The Morgan fingerprint density at radius 2 is 1.53 bits per heavy atom. The summed E-state index contributed by atoms with van der Waals surface area (Å²) in [6, 6.07) is 6.95. The summed E-state index contributed by atoms with van der Waals surface area (Å²) in [5.74, 6) is -3.88. The number of aryl methyl sites for hydroxylation is 1. The lowest BCUT2D eigenvalue weighted by Gasteiger charge is -2.08. The SMILES string of the molecule is Cc1ccc(N)cc1-c1cc(F)c(F)c(F)c1. The summed E-state index contributed by atoms with van der Waals surface area (Å²) in [7, 11) is 0. The van der Waals surface area contributed by atoms with Crippen LogP contribution in [-0.2, 0) is 0 Å². The number of anilines is 1. The quantitative estimate of drug-likeness (QED) is 0.594. The summed E-state index contributed by atoms with van der Waals surface area (Å²) >= 11 is 0. The van der Waals surface area contributed by atoms with Crippen LogP contribution < -0.4 is 5.73 Å². The topological polar surface area (TPSA) is 26.0 Å². The van der Waals surface area contributed by atoms with Crippen LogP contribution >= 0.6 is 0 Å². The highest BCUT2D eigenvalue weighted by Gasteiger charge is 2.12. The molecule has 2 N–H and O–H groups in total. The van der Waals surface area contributed by atoms with Crippen LogP contribution in [0.2, 0.25) is 0 Å². The molecule has 4 heteroatoms. The fourth-order valence-electron chi connectivity index (χ4n) is 1.66. The maximum absolute atomic E-state index is 13.1. The van der Waals surface area contributed by atoms with Crippen LogP contribution in [0.4, 0.5) is 18.9 Å². The number of benzene rings is 2. The molecule has 17 heavy (non-hydrogen) atoms. The Balaban J connectivity index is 2.64. The molecule has 0 spiro atoms. The van der Waals surface area contributed by atoms with Gasteiger partial charge in [-0.05, 0) is 47.9 Å². The van der Waals surface area contributed by atoms with Crippen LogP contribution in [0.15, 0.2) is 30.3 Å². The third-order valence-corrected chi connectivity index (χ3v) is 2.56. The van der Waals surface area contributed by atoms with Crippen molar-refractivity contribution in [2.24, 2.45) is 0 Å². The molecule has 2 rings (SSSR count). The highest BCUT2D eigenvalue weighted by atomic mass is 19.2. The summed E-state index contributed by atoms with van der Waals surface area (Å²) < 4.78 is 39.1. The number of halogens is 3. The number of nitrogens with two attached hydrogens (primary N) is 1. The Kier molecular flexibility index (Phi) is 2.79. The van der Waals surface area contributed by atoms with E-state index in [0.717, 1.165) is 17.7 Å². The zero-order valence-electron chi connectivity index (χ0n) is 9.10. The summed E-state index contributed by atoms with van der Waals surface area (Å²) in [6.07, 6.45) is 0. The van der Waals surface area contributed by atoms with Gasteiger partial charge in [-0.3, -0.25) is 0 Å². The van der Waals surface area contributed by atoms with Gasteiger partial charge in [0.1, 0.15) is 0 Å². The summed E-state index contributed by atoms with van der Waals surface area (Å²) in [5.41, 5.74) is 7.76. The Hall–Kier alpha value is -1.97. The van der Waals surface area contributed by atoms with Gasteiger partial charge in [-0.15, -0.1) is 0 Å². The van der Waals surface area contributed by atoms with E-state index in [0.29, 0.717) is 11.3 Å². The summed E-state index contributed by atoms with van der Waals surface area (Å²) in [6.45, 7) is 1.79. The van der Waals surface area contributed by atoms with Crippen molar-refractivity contribution < 1.29 is 13.2 Å². The fraction of sp³-hybridized carbons (Fsp3) is 0.0769. The molecule has 0 atom stereocenters. The molecule has 2 aromatic rings. The van der Waals surface area contributed by atoms with E-state index in [1.165, 1.54) is 0 Å². The minimum atomic E-state index is -1.46. The molecule has 0 fully saturated rings. The summed E-state index contributed by atoms with van der Waals surface area (Å²) in [4.78, 5) is 0. The van der Waals surface area contributed by atoms with Crippen molar-refractivity contribution in [2.45, 2.75) is 6.92 Å². The second-order valence-electron chi connectivity index (χ2n) is 3.83. The number of nitrogen functional groups attached to an aromatic ring is 1. The van der Waals surface area contributed by atoms with Crippen LogP contribution in [0.5, 0.6) is 0 Å². The molecule has 1 nitrogen and oxygen atoms in total. The Morgan fingerprint density at radius 3 is 2.12 bits per heavy atom. The molecular formula is C13H10F3N. The highest BCUT2D eigenvalue weighted by molar-refractivity contribution is 5.70. The van der Waals surface area contributed by atoms with E-state index in [4.69, 9.17) is 5.73 Å². The lowest BCUT2D eigenvalue weighted by atomic mass is 9.99. The third-order valence-electron chi connectivity index (χ3n) is 2.56. The number of hydrogen-bond donors (Lipinski definition) is 1. The van der Waals surface area contributed by atoms with Crippen LogP contribution in [0.3, 0.4) is 0 Å². The van der Waals surface area contributed by atoms with Gasteiger partial charge < -0.3 is 5.73 Å². The van der Waals surface area contributed by atoms with Gasteiger partial charge in [-0.1, -0.05) is 6.07 Å². The first-order valence-electron chi connectivity index (χ1n) is 5.00. The first kappa shape index (κ1) is 11.5. The molecule has 0 unspecified atom stereocenters. The molecule has 0 aromatic heterocycles. The van der Waals surface area contributed by atoms with Gasteiger partial charge in [0.15, 0.2) is 17.5 Å². The van der Waals surface area contributed by atoms with Crippen LogP contribution in [0, 0.1) is 24.4 Å². The fourth-order valence-corrected chi connectivity index (χ4v) is 1.66. The van der Waals surface area contributed by atoms with Gasteiger partial charge in [-0.25, -0.2) is 13.2 Å². The van der Waals surface area contributed by atoms with Crippen molar-refractivity contribution in [3.63, 3.8) is 0 Å². The van der Waals surface area contributed by atoms with Crippen molar-refractivity contribution in [2.75, 3.05) is 5.73 Å². The third kappa shape index (κ3) is 2.11. The predicted octanol–water partition coefficient (Wildman–Crippen LogP) is 3.66.